The van der Waals surface area contributed by atoms with Crippen LogP contribution in [0.15, 0.2) is 24.3 Å². The molecule has 0 radical (unpaired) electrons. The lowest BCUT2D eigenvalue weighted by molar-refractivity contribution is -0.207. The minimum Gasteiger partial charge on any atom is -0.393 e. The number of aliphatic hydroxyl groups excluding tert-OH is 3. The number of fused-ring (bicyclic) bond motifs is 6. The summed E-state index contributed by atoms with van der Waals surface area (Å²) in [6.45, 7) is 8.43. The minimum atomic E-state index is -0.368. The van der Waals surface area contributed by atoms with Gasteiger partial charge in [0.05, 0.1) is 18.3 Å². The number of hydrogen-bond donors (Lipinski definition) is 3. The maximum absolute atomic E-state index is 13.1. The summed E-state index contributed by atoms with van der Waals surface area (Å²) in [6.07, 6.45) is 6.85. The molecular weight excluding hydrogens is 462 g/mol. The molecule has 1 aliphatic heterocycles. The van der Waals surface area contributed by atoms with Crippen LogP contribution < -0.4 is 0 Å². The molecular formula is C32H47NO4. The van der Waals surface area contributed by atoms with Gasteiger partial charge >= 0.3 is 0 Å². The summed E-state index contributed by atoms with van der Waals surface area (Å²) < 4.78 is 0. The third-order valence-corrected chi connectivity index (χ3v) is 12.5. The first-order valence-corrected chi connectivity index (χ1v) is 15.0. The summed E-state index contributed by atoms with van der Waals surface area (Å²) in [5, 5.41) is 33.6. The third kappa shape index (κ3) is 4.02. The highest BCUT2D eigenvalue weighted by molar-refractivity contribution is 5.77. The smallest absolute Gasteiger partial charge is 0.223 e. The van der Waals surface area contributed by atoms with Crippen molar-refractivity contribution in [3.05, 3.63) is 35.4 Å². The monoisotopic (exact) mass is 509 g/mol. The molecule has 0 unspecified atom stereocenters. The van der Waals surface area contributed by atoms with Gasteiger partial charge in [-0.2, -0.15) is 0 Å². The van der Waals surface area contributed by atoms with Crippen LogP contribution in [0.25, 0.3) is 0 Å². The Morgan fingerprint density at radius 1 is 1.00 bits per heavy atom. The van der Waals surface area contributed by atoms with Gasteiger partial charge in [0.2, 0.25) is 5.91 Å². The largest absolute Gasteiger partial charge is 0.393 e. The molecule has 0 saturated heterocycles. The van der Waals surface area contributed by atoms with Crippen molar-refractivity contribution in [3.8, 4) is 0 Å². The molecule has 37 heavy (non-hydrogen) atoms. The molecule has 204 valence electrons. The maximum atomic E-state index is 13.1. The number of rotatable bonds is 4. The lowest BCUT2D eigenvalue weighted by atomic mass is 9.43. The van der Waals surface area contributed by atoms with E-state index in [1.807, 2.05) is 17.0 Å². The van der Waals surface area contributed by atoms with E-state index in [2.05, 4.69) is 32.9 Å². The number of hydrogen-bond acceptors (Lipinski definition) is 4. The van der Waals surface area contributed by atoms with E-state index in [4.69, 9.17) is 0 Å². The number of carbonyl (C=O) groups excluding carboxylic acids is 1. The molecule has 3 N–H and O–H groups in total. The van der Waals surface area contributed by atoms with Crippen LogP contribution in [0.5, 0.6) is 0 Å². The second-order valence-corrected chi connectivity index (χ2v) is 14.1. The molecule has 1 amide bonds. The molecule has 0 aromatic heterocycles. The quantitative estimate of drug-likeness (QED) is 0.539. The fraction of sp³-hybridized carbons (Fsp3) is 0.781. The molecule has 1 aromatic rings. The highest BCUT2D eigenvalue weighted by atomic mass is 16.3. The van der Waals surface area contributed by atoms with Gasteiger partial charge in [0.1, 0.15) is 0 Å². The second kappa shape index (κ2) is 9.34. The second-order valence-electron chi connectivity index (χ2n) is 14.1. The van der Waals surface area contributed by atoms with Crippen LogP contribution in [0.4, 0.5) is 0 Å². The summed E-state index contributed by atoms with van der Waals surface area (Å²) in [5.41, 5.74) is 2.44. The van der Waals surface area contributed by atoms with Gasteiger partial charge in [0, 0.05) is 19.5 Å². The molecule has 0 spiro atoms. The van der Waals surface area contributed by atoms with E-state index in [0.717, 1.165) is 64.5 Å². The Balaban J connectivity index is 1.14. The number of aliphatic hydroxyl groups is 3. The maximum Gasteiger partial charge on any atom is 0.223 e. The van der Waals surface area contributed by atoms with Crippen LogP contribution in [0, 0.1) is 46.3 Å². The summed E-state index contributed by atoms with van der Waals surface area (Å²) in [6, 6.07) is 8.35. The molecule has 6 rings (SSSR count). The first-order valence-electron chi connectivity index (χ1n) is 15.0. The Morgan fingerprint density at radius 3 is 2.41 bits per heavy atom. The molecule has 5 aliphatic rings. The summed E-state index contributed by atoms with van der Waals surface area (Å²) in [4.78, 5) is 15.1. The zero-order valence-electron chi connectivity index (χ0n) is 23.0. The average Bonchev–Trinajstić information content (AvgIpc) is 3.46. The molecule has 4 fully saturated rings. The van der Waals surface area contributed by atoms with E-state index in [1.54, 1.807) is 0 Å². The van der Waals surface area contributed by atoms with Gasteiger partial charge in [-0.25, -0.2) is 0 Å². The van der Waals surface area contributed by atoms with E-state index in [9.17, 15) is 20.1 Å². The van der Waals surface area contributed by atoms with Gasteiger partial charge in [-0.3, -0.25) is 4.79 Å². The lowest BCUT2D eigenvalue weighted by Crippen LogP contribution is -2.62. The number of carbonyl (C=O) groups is 1. The standard InChI is InChI=1S/C32H47NO4/c1-19(8-11-29(37)33-17-20-6-4-5-7-21(20)18-33)24-9-10-25-30-26(16-28(36)32(24,25)3)31(2)13-12-23(34)14-22(31)15-27(30)35/h4-7,19,22-28,30,34-36H,8-18H2,1-3H3/t19-,22+,23-,24-,25+,26+,27-,28+,30+,31+,32-/m1/s1. The van der Waals surface area contributed by atoms with E-state index < -0.39 is 0 Å². The highest BCUT2D eigenvalue weighted by Crippen LogP contribution is 2.68. The number of nitrogens with zero attached hydrogens (tertiary/aromatic N) is 1. The van der Waals surface area contributed by atoms with Gasteiger partial charge in [0.25, 0.3) is 0 Å². The fourth-order valence-corrected chi connectivity index (χ4v) is 10.4. The van der Waals surface area contributed by atoms with E-state index in [1.165, 1.54) is 11.1 Å². The predicted molar refractivity (Wildman–Crippen MR) is 143 cm³/mol. The number of benzene rings is 1. The van der Waals surface area contributed by atoms with E-state index >= 15 is 0 Å². The van der Waals surface area contributed by atoms with Crippen molar-refractivity contribution in [1.29, 1.82) is 0 Å². The Hall–Kier alpha value is -1.43. The van der Waals surface area contributed by atoms with Gasteiger partial charge in [-0.05, 0) is 109 Å². The van der Waals surface area contributed by atoms with Crippen LogP contribution >= 0.6 is 0 Å². The first-order chi connectivity index (χ1) is 17.6. The molecule has 5 nitrogen and oxygen atoms in total. The first kappa shape index (κ1) is 25.8. The van der Waals surface area contributed by atoms with Crippen LogP contribution in [-0.2, 0) is 17.9 Å². The molecule has 1 aromatic carbocycles. The Labute approximate surface area is 222 Å². The van der Waals surface area contributed by atoms with Gasteiger partial charge in [-0.1, -0.05) is 45.0 Å². The molecule has 5 heteroatoms. The third-order valence-electron chi connectivity index (χ3n) is 12.5. The summed E-state index contributed by atoms with van der Waals surface area (Å²) in [7, 11) is 0. The summed E-state index contributed by atoms with van der Waals surface area (Å²) in [5.74, 6) is 2.24. The topological polar surface area (TPSA) is 81.0 Å². The van der Waals surface area contributed by atoms with Crippen LogP contribution in [0.3, 0.4) is 0 Å². The normalized spacial score (nSPS) is 45.5. The molecule has 1 heterocycles. The highest BCUT2D eigenvalue weighted by Gasteiger charge is 2.65. The number of amides is 1. The summed E-state index contributed by atoms with van der Waals surface area (Å²) >= 11 is 0. The predicted octanol–water partition coefficient (Wildman–Crippen LogP) is 4.91. The van der Waals surface area contributed by atoms with Crippen molar-refractivity contribution < 1.29 is 20.1 Å². The lowest BCUT2D eigenvalue weighted by Gasteiger charge is -2.63. The van der Waals surface area contributed by atoms with Crippen LogP contribution in [0.2, 0.25) is 0 Å². The van der Waals surface area contributed by atoms with Crippen molar-refractivity contribution in [1.82, 2.24) is 4.90 Å². The van der Waals surface area contributed by atoms with Crippen molar-refractivity contribution in [2.45, 2.75) is 110 Å². The Bertz CT molecular complexity index is 1000. The fourth-order valence-electron chi connectivity index (χ4n) is 10.4. The zero-order chi connectivity index (χ0) is 26.1. The SMILES string of the molecule is C[C@H](CCC(=O)N1Cc2ccccc2C1)[C@H]1CC[C@H]2[C@@H]3[C@H](O)C[C@@H]4C[C@H](O)CC[C@]4(C)[C@H]3C[C@H](O)[C@]12C. The molecule has 11 atom stereocenters. The van der Waals surface area contributed by atoms with Crippen LogP contribution in [0.1, 0.15) is 89.7 Å². The zero-order valence-corrected chi connectivity index (χ0v) is 23.0. The van der Waals surface area contributed by atoms with Crippen molar-refractivity contribution in [2.24, 2.45) is 46.3 Å². The van der Waals surface area contributed by atoms with E-state index in [0.29, 0.717) is 36.0 Å². The minimum absolute atomic E-state index is 0.106. The average molecular weight is 510 g/mol. The van der Waals surface area contributed by atoms with Crippen molar-refractivity contribution >= 4 is 5.91 Å². The van der Waals surface area contributed by atoms with Crippen molar-refractivity contribution in [3.63, 3.8) is 0 Å². The van der Waals surface area contributed by atoms with Crippen molar-refractivity contribution in [2.75, 3.05) is 0 Å². The van der Waals surface area contributed by atoms with Gasteiger partial charge in [0.15, 0.2) is 0 Å². The van der Waals surface area contributed by atoms with Gasteiger partial charge in [-0.15, -0.1) is 0 Å². The Morgan fingerprint density at radius 2 is 1.70 bits per heavy atom. The van der Waals surface area contributed by atoms with Crippen LogP contribution in [-0.4, -0.2) is 44.4 Å². The van der Waals surface area contributed by atoms with E-state index in [-0.39, 0.29) is 41.0 Å². The van der Waals surface area contributed by atoms with Gasteiger partial charge < -0.3 is 20.2 Å². The molecule has 4 saturated carbocycles. The Kier molecular flexibility index (Phi) is 6.52. The molecule has 4 aliphatic carbocycles. The molecule has 0 bridgehead atoms.